The van der Waals surface area contributed by atoms with Gasteiger partial charge >= 0.3 is 6.09 Å². The number of amidine groups is 1. The second kappa shape index (κ2) is 6.98. The summed E-state index contributed by atoms with van der Waals surface area (Å²) in [4.78, 5) is 29.5. The molecule has 8 nitrogen and oxygen atoms in total. The van der Waals surface area contributed by atoms with Gasteiger partial charge < -0.3 is 9.30 Å². The molecule has 156 valence electrons. The number of aliphatic imine (C=N–C) groups is 1. The first-order valence-electron chi connectivity index (χ1n) is 8.68. The summed E-state index contributed by atoms with van der Waals surface area (Å²) in [6.07, 6.45) is 0.779. The minimum atomic E-state index is -3.76. The van der Waals surface area contributed by atoms with Crippen molar-refractivity contribution in [1.82, 2.24) is 9.88 Å². The lowest BCUT2D eigenvalue weighted by atomic mass is 9.95. The summed E-state index contributed by atoms with van der Waals surface area (Å²) < 4.78 is 31.9. The molecule has 2 rings (SSSR count). The van der Waals surface area contributed by atoms with E-state index in [0.717, 1.165) is 0 Å². The summed E-state index contributed by atoms with van der Waals surface area (Å²) in [6.45, 7) is 9.61. The van der Waals surface area contributed by atoms with E-state index >= 15 is 0 Å². The van der Waals surface area contributed by atoms with Gasteiger partial charge in [0, 0.05) is 23.3 Å². The van der Waals surface area contributed by atoms with Crippen LogP contribution in [-0.4, -0.2) is 41.0 Å². The van der Waals surface area contributed by atoms with Crippen LogP contribution in [0.15, 0.2) is 26.5 Å². The zero-order valence-corrected chi connectivity index (χ0v) is 19.5. The van der Waals surface area contributed by atoms with Crippen molar-refractivity contribution in [1.29, 1.82) is 0 Å². The standard InChI is InChI=1S/C18H26BrN3O5S/c1-16(2,3)27-15(24)20-14-17(4,5)28(25,26)10-18(6,21-14)12-8-11(19)9-22(7)13(12)23/h8-9H,10H2,1-7H3,(H,20,21,24)/t18-/m0/s1. The van der Waals surface area contributed by atoms with Crippen LogP contribution in [0.2, 0.25) is 0 Å². The molecule has 1 aromatic rings. The van der Waals surface area contributed by atoms with Crippen LogP contribution < -0.4 is 10.9 Å². The number of nitrogens with one attached hydrogen (secondary N) is 1. The number of carbonyl (C=O) groups excluding carboxylic acids is 1. The van der Waals surface area contributed by atoms with Crippen molar-refractivity contribution in [2.24, 2.45) is 12.0 Å². The molecular formula is C18H26BrN3O5S. The second-order valence-electron chi connectivity index (χ2n) is 8.62. The van der Waals surface area contributed by atoms with Crippen LogP contribution in [0.25, 0.3) is 0 Å². The number of hydrogen-bond donors (Lipinski definition) is 1. The number of amides is 1. The van der Waals surface area contributed by atoms with Crippen LogP contribution in [0.3, 0.4) is 0 Å². The van der Waals surface area contributed by atoms with E-state index in [2.05, 4.69) is 26.2 Å². The zero-order valence-electron chi connectivity index (χ0n) is 17.1. The average Bonchev–Trinajstić information content (AvgIpc) is 2.46. The molecule has 0 radical (unpaired) electrons. The number of aryl methyl sites for hydroxylation is 1. The van der Waals surface area contributed by atoms with Gasteiger partial charge in [0.25, 0.3) is 5.56 Å². The molecule has 0 spiro atoms. The van der Waals surface area contributed by atoms with Crippen LogP contribution >= 0.6 is 15.9 Å². The van der Waals surface area contributed by atoms with Crippen molar-refractivity contribution in [2.45, 2.75) is 57.4 Å². The van der Waals surface area contributed by atoms with Gasteiger partial charge in [-0.1, -0.05) is 0 Å². The molecule has 0 fully saturated rings. The molecule has 0 unspecified atom stereocenters. The van der Waals surface area contributed by atoms with E-state index < -0.39 is 31.8 Å². The Bertz CT molecular complexity index is 1010. The molecule has 0 aliphatic carbocycles. The predicted molar refractivity (Wildman–Crippen MR) is 111 cm³/mol. The lowest BCUT2D eigenvalue weighted by Gasteiger charge is -2.39. The summed E-state index contributed by atoms with van der Waals surface area (Å²) in [5.41, 5.74) is -2.27. The molecule has 1 aliphatic rings. The van der Waals surface area contributed by atoms with Crippen molar-refractivity contribution in [3.05, 3.63) is 32.7 Å². The third-order valence-corrected chi connectivity index (χ3v) is 7.65. The molecule has 0 aromatic carbocycles. The highest BCUT2D eigenvalue weighted by molar-refractivity contribution is 9.10. The van der Waals surface area contributed by atoms with Crippen molar-refractivity contribution in [2.75, 3.05) is 5.75 Å². The smallest absolute Gasteiger partial charge is 0.413 e. The number of ether oxygens (including phenoxy) is 1. The van der Waals surface area contributed by atoms with Gasteiger partial charge in [0.05, 0.1) is 5.75 Å². The fourth-order valence-electron chi connectivity index (χ4n) is 2.88. The number of sulfone groups is 1. The largest absolute Gasteiger partial charge is 0.444 e. The molecule has 0 saturated heterocycles. The summed E-state index contributed by atoms with van der Waals surface area (Å²) >= 11 is 3.33. The Labute approximate surface area is 173 Å². The normalized spacial score (nSPS) is 23.6. The second-order valence-corrected chi connectivity index (χ2v) is 12.1. The molecule has 10 heteroatoms. The number of halogens is 1. The number of carbonyl (C=O) groups is 1. The van der Waals surface area contributed by atoms with Gasteiger partial charge in [-0.3, -0.25) is 15.1 Å². The van der Waals surface area contributed by atoms with Crippen LogP contribution in [0.4, 0.5) is 4.79 Å². The predicted octanol–water partition coefficient (Wildman–Crippen LogP) is 2.49. The number of aromatic nitrogens is 1. The van der Waals surface area contributed by atoms with E-state index in [-0.39, 0.29) is 22.7 Å². The number of pyridine rings is 1. The Kier molecular flexibility index (Phi) is 5.64. The highest BCUT2D eigenvalue weighted by Crippen LogP contribution is 2.36. The van der Waals surface area contributed by atoms with E-state index in [1.807, 2.05) is 0 Å². The monoisotopic (exact) mass is 475 g/mol. The van der Waals surface area contributed by atoms with E-state index in [4.69, 9.17) is 4.74 Å². The van der Waals surface area contributed by atoms with Crippen LogP contribution in [-0.2, 0) is 27.2 Å². The Morgan fingerprint density at radius 3 is 2.43 bits per heavy atom. The van der Waals surface area contributed by atoms with Crippen LogP contribution in [0.5, 0.6) is 0 Å². The summed E-state index contributed by atoms with van der Waals surface area (Å²) in [5.74, 6) is -0.421. The molecule has 1 atom stereocenters. The number of alkyl carbamates (subject to hydrolysis) is 1. The van der Waals surface area contributed by atoms with E-state index in [1.165, 1.54) is 18.4 Å². The Hall–Kier alpha value is -1.68. The summed E-state index contributed by atoms with van der Waals surface area (Å²) in [7, 11) is -2.19. The van der Waals surface area contributed by atoms with Crippen LogP contribution in [0, 0.1) is 0 Å². The highest BCUT2D eigenvalue weighted by Gasteiger charge is 2.51. The zero-order chi connectivity index (χ0) is 21.7. The Morgan fingerprint density at radius 1 is 1.32 bits per heavy atom. The molecule has 2 heterocycles. The molecule has 0 saturated carbocycles. The van der Waals surface area contributed by atoms with Crippen LogP contribution in [0.1, 0.15) is 47.1 Å². The quantitative estimate of drug-likeness (QED) is 0.671. The number of hydrogen-bond acceptors (Lipinski definition) is 6. The van der Waals surface area contributed by atoms with E-state index in [9.17, 15) is 18.0 Å². The Balaban J connectivity index is 2.64. The molecule has 1 amide bonds. The molecule has 0 bridgehead atoms. The minimum absolute atomic E-state index is 0.0578. The number of nitrogens with zero attached hydrogens (tertiary/aromatic N) is 2. The van der Waals surface area contributed by atoms with Gasteiger partial charge in [-0.25, -0.2) is 13.2 Å². The molecule has 28 heavy (non-hydrogen) atoms. The van der Waals surface area contributed by atoms with Crippen molar-refractivity contribution < 1.29 is 17.9 Å². The first kappa shape index (κ1) is 22.6. The maximum Gasteiger partial charge on any atom is 0.413 e. The lowest BCUT2D eigenvalue weighted by Crippen LogP contribution is -2.58. The van der Waals surface area contributed by atoms with Gasteiger partial charge in [0.1, 0.15) is 21.7 Å². The van der Waals surface area contributed by atoms with Crippen molar-refractivity contribution in [3.63, 3.8) is 0 Å². The lowest BCUT2D eigenvalue weighted by molar-refractivity contribution is 0.0560. The van der Waals surface area contributed by atoms with E-state index in [0.29, 0.717) is 4.47 Å². The molecule has 1 aromatic heterocycles. The van der Waals surface area contributed by atoms with Gasteiger partial charge in [0.2, 0.25) is 0 Å². The SMILES string of the molecule is Cn1cc(Br)cc([C@]2(C)CS(=O)(=O)C(C)(C)C(NC(=O)OC(C)(C)C)=N2)c1=O. The first-order chi connectivity index (χ1) is 12.5. The minimum Gasteiger partial charge on any atom is -0.444 e. The molecular weight excluding hydrogens is 450 g/mol. The molecule has 1 N–H and O–H groups in total. The van der Waals surface area contributed by atoms with E-state index in [1.54, 1.807) is 47.0 Å². The first-order valence-corrected chi connectivity index (χ1v) is 11.1. The third kappa shape index (κ3) is 4.32. The van der Waals surface area contributed by atoms with Gasteiger partial charge in [-0.05, 0) is 63.5 Å². The fourth-order valence-corrected chi connectivity index (χ4v) is 5.13. The summed E-state index contributed by atoms with van der Waals surface area (Å²) in [6, 6.07) is 1.56. The summed E-state index contributed by atoms with van der Waals surface area (Å²) in [5, 5.41) is 2.48. The maximum atomic E-state index is 13.1. The molecule has 1 aliphatic heterocycles. The fraction of sp³-hybridized carbons (Fsp3) is 0.611. The average molecular weight is 476 g/mol. The highest BCUT2D eigenvalue weighted by atomic mass is 79.9. The third-order valence-electron chi connectivity index (χ3n) is 4.53. The van der Waals surface area contributed by atoms with Gasteiger partial charge in [-0.2, -0.15) is 0 Å². The van der Waals surface area contributed by atoms with Gasteiger partial charge in [0.15, 0.2) is 9.84 Å². The Morgan fingerprint density at radius 2 is 1.89 bits per heavy atom. The van der Waals surface area contributed by atoms with Crippen molar-refractivity contribution >= 4 is 37.7 Å². The maximum absolute atomic E-state index is 13.1. The topological polar surface area (TPSA) is 107 Å². The van der Waals surface area contributed by atoms with Crippen molar-refractivity contribution in [3.8, 4) is 0 Å². The van der Waals surface area contributed by atoms with Gasteiger partial charge in [-0.15, -0.1) is 0 Å². The number of rotatable bonds is 1.